The molecule has 0 saturated carbocycles. The fourth-order valence-corrected chi connectivity index (χ4v) is 3.30. The molecule has 0 aliphatic carbocycles. The third-order valence-corrected chi connectivity index (χ3v) is 4.31. The number of pyridine rings is 1. The number of amides is 1. The Morgan fingerprint density at radius 2 is 2.29 bits per heavy atom. The number of hydrogen-bond acceptors (Lipinski definition) is 5. The summed E-state index contributed by atoms with van der Waals surface area (Å²) in [6.07, 6.45) is 5.13. The van der Waals surface area contributed by atoms with Crippen LogP contribution in [0.25, 0.3) is 0 Å². The molecule has 1 aliphatic rings. The topological polar surface area (TPSA) is 69.5 Å². The first-order chi connectivity index (χ1) is 11.6. The molecular weight excluding hydrogens is 308 g/mol. The fourth-order valence-electron chi connectivity index (χ4n) is 3.30. The van der Waals surface area contributed by atoms with Crippen LogP contribution < -0.4 is 9.47 Å². The van der Waals surface area contributed by atoms with Gasteiger partial charge < -0.3 is 14.4 Å². The molecule has 7 nitrogen and oxygen atoms in total. The molecule has 128 valence electrons. The zero-order chi connectivity index (χ0) is 17.1. The smallest absolute Gasteiger partial charge is 0.261 e. The minimum absolute atomic E-state index is 0.00379. The van der Waals surface area contributed by atoms with E-state index in [4.69, 9.17) is 9.47 Å². The maximum atomic E-state index is 12.6. The number of ether oxygens (including phenoxy) is 2. The number of aryl methyl sites for hydroxylation is 2. The van der Waals surface area contributed by atoms with Crippen molar-refractivity contribution in [3.8, 4) is 11.6 Å². The van der Waals surface area contributed by atoms with E-state index in [1.54, 1.807) is 36.3 Å². The minimum Gasteiger partial charge on any atom is -0.482 e. The van der Waals surface area contributed by atoms with Crippen LogP contribution >= 0.6 is 0 Å². The quantitative estimate of drug-likeness (QED) is 0.837. The van der Waals surface area contributed by atoms with Crippen LogP contribution in [0.2, 0.25) is 0 Å². The number of methoxy groups -OCH3 is 1. The van der Waals surface area contributed by atoms with Gasteiger partial charge >= 0.3 is 0 Å². The molecule has 0 N–H and O–H groups in total. The van der Waals surface area contributed by atoms with Gasteiger partial charge in [-0.15, -0.1) is 0 Å². The van der Waals surface area contributed by atoms with E-state index in [0.717, 1.165) is 30.6 Å². The molecule has 3 heterocycles. The van der Waals surface area contributed by atoms with Gasteiger partial charge in [-0.05, 0) is 31.9 Å². The van der Waals surface area contributed by atoms with Gasteiger partial charge in [-0.1, -0.05) is 0 Å². The van der Waals surface area contributed by atoms with Crippen molar-refractivity contribution in [2.24, 2.45) is 7.05 Å². The third kappa shape index (κ3) is 3.06. The van der Waals surface area contributed by atoms with E-state index in [2.05, 4.69) is 10.1 Å². The summed E-state index contributed by atoms with van der Waals surface area (Å²) in [6, 6.07) is 3.55. The number of carbonyl (C=O) groups excluding carboxylic acids is 1. The molecule has 1 fully saturated rings. The van der Waals surface area contributed by atoms with Crippen molar-refractivity contribution in [3.63, 3.8) is 0 Å². The molecule has 0 radical (unpaired) electrons. The summed E-state index contributed by atoms with van der Waals surface area (Å²) in [5.41, 5.74) is 1.89. The van der Waals surface area contributed by atoms with E-state index < -0.39 is 0 Å². The first-order valence-electron chi connectivity index (χ1n) is 8.01. The summed E-state index contributed by atoms with van der Waals surface area (Å²) in [5, 5.41) is 4.43. The van der Waals surface area contributed by atoms with E-state index in [0.29, 0.717) is 11.6 Å². The van der Waals surface area contributed by atoms with Crippen LogP contribution in [0.3, 0.4) is 0 Å². The third-order valence-electron chi connectivity index (χ3n) is 4.31. The molecule has 1 saturated heterocycles. The summed E-state index contributed by atoms with van der Waals surface area (Å²) in [7, 11) is 3.48. The van der Waals surface area contributed by atoms with Crippen LogP contribution in [0.5, 0.6) is 11.6 Å². The standard InChI is InChI=1S/C17H22N4O3/c1-12-16(17(23-3)20(2)19-12)14-7-5-9-21(14)15(22)11-24-13-6-4-8-18-10-13/h4,6,8,10,14H,5,7,9,11H2,1-3H3/t14-/m0/s1. The second-order valence-electron chi connectivity index (χ2n) is 5.85. The van der Waals surface area contributed by atoms with Gasteiger partial charge in [-0.25, -0.2) is 4.68 Å². The van der Waals surface area contributed by atoms with Crippen LogP contribution in [0.4, 0.5) is 0 Å². The fraction of sp³-hybridized carbons (Fsp3) is 0.471. The van der Waals surface area contributed by atoms with Crippen molar-refractivity contribution < 1.29 is 14.3 Å². The van der Waals surface area contributed by atoms with Crippen molar-refractivity contribution in [1.29, 1.82) is 0 Å². The van der Waals surface area contributed by atoms with Gasteiger partial charge in [0.25, 0.3) is 5.91 Å². The number of nitrogens with zero attached hydrogens (tertiary/aromatic N) is 4. The van der Waals surface area contributed by atoms with Gasteiger partial charge in [0.2, 0.25) is 5.88 Å². The van der Waals surface area contributed by atoms with E-state index >= 15 is 0 Å². The van der Waals surface area contributed by atoms with E-state index in [1.807, 2.05) is 18.9 Å². The lowest BCUT2D eigenvalue weighted by Crippen LogP contribution is -2.34. The zero-order valence-corrected chi connectivity index (χ0v) is 14.2. The Bertz CT molecular complexity index is 714. The Hall–Kier alpha value is -2.57. The highest BCUT2D eigenvalue weighted by atomic mass is 16.5. The highest BCUT2D eigenvalue weighted by Gasteiger charge is 2.35. The predicted octanol–water partition coefficient (Wildman–Crippen LogP) is 1.87. The first kappa shape index (κ1) is 16.3. The molecule has 2 aromatic rings. The van der Waals surface area contributed by atoms with E-state index in [1.165, 1.54) is 0 Å². The van der Waals surface area contributed by atoms with Crippen molar-refractivity contribution in [1.82, 2.24) is 19.7 Å². The van der Waals surface area contributed by atoms with Crippen LogP contribution in [-0.2, 0) is 11.8 Å². The number of rotatable bonds is 5. The summed E-state index contributed by atoms with van der Waals surface area (Å²) in [6.45, 7) is 2.67. The highest BCUT2D eigenvalue weighted by Crippen LogP contribution is 2.38. The number of likely N-dealkylation sites (tertiary alicyclic amines) is 1. The second kappa shape index (κ2) is 6.90. The van der Waals surface area contributed by atoms with Gasteiger partial charge in [-0.3, -0.25) is 9.78 Å². The molecule has 2 aromatic heterocycles. The van der Waals surface area contributed by atoms with Gasteiger partial charge in [0.1, 0.15) is 5.75 Å². The predicted molar refractivity (Wildman–Crippen MR) is 87.9 cm³/mol. The number of hydrogen-bond donors (Lipinski definition) is 0. The molecule has 3 rings (SSSR count). The molecule has 1 aliphatic heterocycles. The van der Waals surface area contributed by atoms with Gasteiger partial charge in [-0.2, -0.15) is 5.10 Å². The molecule has 0 unspecified atom stereocenters. The van der Waals surface area contributed by atoms with Crippen molar-refractivity contribution in [3.05, 3.63) is 35.8 Å². The van der Waals surface area contributed by atoms with Crippen molar-refractivity contribution in [2.75, 3.05) is 20.3 Å². The first-order valence-corrected chi connectivity index (χ1v) is 8.01. The molecular formula is C17H22N4O3. The normalized spacial score (nSPS) is 17.1. The Morgan fingerprint density at radius 3 is 3.00 bits per heavy atom. The Labute approximate surface area is 141 Å². The highest BCUT2D eigenvalue weighted by molar-refractivity contribution is 5.78. The maximum Gasteiger partial charge on any atom is 0.261 e. The monoisotopic (exact) mass is 330 g/mol. The molecule has 0 spiro atoms. The van der Waals surface area contributed by atoms with Gasteiger partial charge in [0.05, 0.1) is 30.6 Å². The Balaban J connectivity index is 1.75. The number of carbonyl (C=O) groups is 1. The summed E-state index contributed by atoms with van der Waals surface area (Å²) in [5.74, 6) is 1.27. The Morgan fingerprint density at radius 1 is 1.46 bits per heavy atom. The lowest BCUT2D eigenvalue weighted by Gasteiger charge is -2.25. The van der Waals surface area contributed by atoms with Crippen molar-refractivity contribution >= 4 is 5.91 Å². The molecule has 0 aromatic carbocycles. The zero-order valence-electron chi connectivity index (χ0n) is 14.2. The van der Waals surface area contributed by atoms with Crippen LogP contribution in [0.1, 0.15) is 30.1 Å². The molecule has 0 bridgehead atoms. The largest absolute Gasteiger partial charge is 0.482 e. The SMILES string of the molecule is COc1c([C@@H]2CCCN2C(=O)COc2cccnc2)c(C)nn1C. The molecule has 24 heavy (non-hydrogen) atoms. The summed E-state index contributed by atoms with van der Waals surface area (Å²) >= 11 is 0. The summed E-state index contributed by atoms with van der Waals surface area (Å²) < 4.78 is 12.8. The average molecular weight is 330 g/mol. The molecule has 1 amide bonds. The van der Waals surface area contributed by atoms with Crippen LogP contribution in [0, 0.1) is 6.92 Å². The minimum atomic E-state index is -0.0355. The van der Waals surface area contributed by atoms with Gasteiger partial charge in [0, 0.05) is 19.8 Å². The second-order valence-corrected chi connectivity index (χ2v) is 5.85. The lowest BCUT2D eigenvalue weighted by molar-refractivity contribution is -0.134. The Kier molecular flexibility index (Phi) is 4.69. The average Bonchev–Trinajstić information content (AvgIpc) is 3.17. The van der Waals surface area contributed by atoms with Crippen LogP contribution in [0.15, 0.2) is 24.5 Å². The summed E-state index contributed by atoms with van der Waals surface area (Å²) in [4.78, 5) is 18.5. The van der Waals surface area contributed by atoms with Crippen LogP contribution in [-0.4, -0.2) is 45.8 Å². The molecule has 1 atom stereocenters. The number of aromatic nitrogens is 3. The molecule has 7 heteroatoms. The van der Waals surface area contributed by atoms with Crippen molar-refractivity contribution in [2.45, 2.75) is 25.8 Å². The maximum absolute atomic E-state index is 12.6. The van der Waals surface area contributed by atoms with E-state index in [9.17, 15) is 4.79 Å². The van der Waals surface area contributed by atoms with E-state index in [-0.39, 0.29) is 18.6 Å². The van der Waals surface area contributed by atoms with Gasteiger partial charge in [0.15, 0.2) is 6.61 Å². The lowest BCUT2D eigenvalue weighted by atomic mass is 10.1.